The number of hydrogen-bond acceptors (Lipinski definition) is 4. The van der Waals surface area contributed by atoms with E-state index >= 15 is 0 Å². The van der Waals surface area contributed by atoms with Crippen molar-refractivity contribution in [1.29, 1.82) is 5.26 Å². The lowest BCUT2D eigenvalue weighted by Gasteiger charge is -2.39. The van der Waals surface area contributed by atoms with Crippen molar-refractivity contribution in [1.82, 2.24) is 4.90 Å². The van der Waals surface area contributed by atoms with Crippen LogP contribution in [-0.2, 0) is 11.8 Å². The predicted octanol–water partition coefficient (Wildman–Crippen LogP) is 5.69. The number of ketones is 1. The van der Waals surface area contributed by atoms with E-state index in [4.69, 9.17) is 4.74 Å². The number of rotatable bonds is 3. The van der Waals surface area contributed by atoms with Crippen molar-refractivity contribution in [3.63, 3.8) is 0 Å². The number of carbonyl (C=O) groups excluding carboxylic acids is 1. The highest BCUT2D eigenvalue weighted by Gasteiger charge is 2.43. The van der Waals surface area contributed by atoms with E-state index in [1.807, 2.05) is 24.3 Å². The summed E-state index contributed by atoms with van der Waals surface area (Å²) in [5.74, 6) is 0.861. The Kier molecular flexibility index (Phi) is 4.83. The first-order valence-electron chi connectivity index (χ1n) is 12.4. The third-order valence-electron chi connectivity index (χ3n) is 8.59. The largest absolute Gasteiger partial charge is 0.496 e. The van der Waals surface area contributed by atoms with E-state index in [2.05, 4.69) is 37.0 Å². The maximum Gasteiger partial charge on any atom is 0.194 e. The van der Waals surface area contributed by atoms with Crippen LogP contribution in [0, 0.1) is 11.3 Å². The Bertz CT molecular complexity index is 1330. The van der Waals surface area contributed by atoms with Gasteiger partial charge in [0.2, 0.25) is 0 Å². The van der Waals surface area contributed by atoms with Crippen LogP contribution >= 0.6 is 0 Å². The molecule has 0 bridgehead atoms. The Morgan fingerprint density at radius 1 is 1.12 bits per heavy atom. The number of allylic oxidation sites excluding steroid dienone is 2. The Labute approximate surface area is 201 Å². The van der Waals surface area contributed by atoms with Crippen molar-refractivity contribution in [3.05, 3.63) is 75.4 Å². The molecule has 0 unspecified atom stereocenters. The van der Waals surface area contributed by atoms with Gasteiger partial charge in [0.1, 0.15) is 5.75 Å². The molecule has 2 aromatic carbocycles. The van der Waals surface area contributed by atoms with Crippen molar-refractivity contribution in [2.45, 2.75) is 57.4 Å². The average Bonchev–Trinajstić information content (AvgIpc) is 3.21. The Hall–Kier alpha value is -3.16. The van der Waals surface area contributed by atoms with Crippen LogP contribution in [-0.4, -0.2) is 36.9 Å². The SMILES string of the molecule is COc1cc2c(cc1C1=CCN(C3CCC3)CC1)C(C)(C)C1=C(C2=O)c2ccc(C#N)cc2C1. The van der Waals surface area contributed by atoms with Gasteiger partial charge in [0.25, 0.3) is 0 Å². The van der Waals surface area contributed by atoms with E-state index in [1.165, 1.54) is 30.4 Å². The number of fused-ring (bicyclic) bond motifs is 3. The van der Waals surface area contributed by atoms with E-state index in [1.54, 1.807) is 7.11 Å². The van der Waals surface area contributed by atoms with E-state index in [0.717, 1.165) is 71.1 Å². The summed E-state index contributed by atoms with van der Waals surface area (Å²) in [6, 6.07) is 12.9. The lowest BCUT2D eigenvalue weighted by Crippen LogP contribution is -2.42. The molecule has 34 heavy (non-hydrogen) atoms. The molecule has 0 amide bonds. The first kappa shape index (κ1) is 21.4. The second-order valence-corrected chi connectivity index (χ2v) is 10.6. The summed E-state index contributed by atoms with van der Waals surface area (Å²) >= 11 is 0. The molecule has 0 radical (unpaired) electrons. The molecule has 0 spiro atoms. The van der Waals surface area contributed by atoms with Crippen molar-refractivity contribution in [2.24, 2.45) is 0 Å². The third kappa shape index (κ3) is 3.03. The van der Waals surface area contributed by atoms with Crippen LogP contribution in [0.4, 0.5) is 0 Å². The second kappa shape index (κ2) is 7.68. The van der Waals surface area contributed by atoms with Gasteiger partial charge in [-0.1, -0.05) is 32.4 Å². The van der Waals surface area contributed by atoms with Crippen LogP contribution in [0.2, 0.25) is 0 Å². The van der Waals surface area contributed by atoms with Crippen molar-refractivity contribution < 1.29 is 9.53 Å². The predicted molar refractivity (Wildman–Crippen MR) is 134 cm³/mol. The minimum Gasteiger partial charge on any atom is -0.496 e. The fourth-order valence-corrected chi connectivity index (χ4v) is 6.30. The van der Waals surface area contributed by atoms with Crippen LogP contribution < -0.4 is 4.74 Å². The summed E-state index contributed by atoms with van der Waals surface area (Å²) in [5.41, 5.74) is 8.69. The van der Waals surface area contributed by atoms with Crippen LogP contribution in [0.25, 0.3) is 11.1 Å². The molecule has 1 heterocycles. The fourth-order valence-electron chi connectivity index (χ4n) is 6.30. The summed E-state index contributed by atoms with van der Waals surface area (Å²) in [4.78, 5) is 16.4. The number of hydrogen-bond donors (Lipinski definition) is 0. The molecule has 172 valence electrons. The molecule has 6 rings (SSSR count). The summed E-state index contributed by atoms with van der Waals surface area (Å²) in [6.07, 6.45) is 8.12. The first-order valence-corrected chi connectivity index (χ1v) is 12.4. The summed E-state index contributed by atoms with van der Waals surface area (Å²) in [7, 11) is 1.70. The van der Waals surface area contributed by atoms with Crippen molar-refractivity contribution >= 4 is 16.9 Å². The molecule has 1 saturated carbocycles. The van der Waals surface area contributed by atoms with Gasteiger partial charge in [0.05, 0.1) is 18.7 Å². The van der Waals surface area contributed by atoms with E-state index in [-0.39, 0.29) is 11.2 Å². The molecule has 0 N–H and O–H groups in total. The maximum absolute atomic E-state index is 13.8. The molecule has 4 nitrogen and oxygen atoms in total. The zero-order valence-electron chi connectivity index (χ0n) is 20.2. The molecular formula is C30H30N2O2. The smallest absolute Gasteiger partial charge is 0.194 e. The third-order valence-corrected chi connectivity index (χ3v) is 8.59. The molecule has 4 heteroatoms. The van der Waals surface area contributed by atoms with Gasteiger partial charge in [0, 0.05) is 41.2 Å². The van der Waals surface area contributed by atoms with Crippen molar-refractivity contribution in [3.8, 4) is 11.8 Å². The highest BCUT2D eigenvalue weighted by atomic mass is 16.5. The van der Waals surface area contributed by atoms with Gasteiger partial charge in [-0.15, -0.1) is 0 Å². The molecule has 0 atom stereocenters. The number of Topliss-reactive ketones (excluding diaryl/α,β-unsaturated/α-hetero) is 1. The van der Waals surface area contributed by atoms with Gasteiger partial charge in [-0.2, -0.15) is 5.26 Å². The van der Waals surface area contributed by atoms with Crippen LogP contribution in [0.15, 0.2) is 42.0 Å². The van der Waals surface area contributed by atoms with Gasteiger partial charge < -0.3 is 4.74 Å². The zero-order chi connectivity index (χ0) is 23.6. The first-order chi connectivity index (χ1) is 16.4. The molecule has 1 aliphatic heterocycles. The van der Waals surface area contributed by atoms with E-state index in [0.29, 0.717) is 5.56 Å². The van der Waals surface area contributed by atoms with Crippen LogP contribution in [0.5, 0.6) is 5.75 Å². The number of nitrogens with zero attached hydrogens (tertiary/aromatic N) is 2. The summed E-state index contributed by atoms with van der Waals surface area (Å²) < 4.78 is 5.84. The zero-order valence-corrected chi connectivity index (χ0v) is 20.2. The second-order valence-electron chi connectivity index (χ2n) is 10.6. The highest BCUT2D eigenvalue weighted by molar-refractivity contribution is 6.33. The number of nitriles is 1. The molecule has 0 aromatic heterocycles. The van der Waals surface area contributed by atoms with Crippen LogP contribution in [0.1, 0.15) is 77.7 Å². The minimum absolute atomic E-state index is 0.0754. The van der Waals surface area contributed by atoms with Crippen molar-refractivity contribution in [2.75, 3.05) is 20.2 Å². The highest BCUT2D eigenvalue weighted by Crippen LogP contribution is 2.51. The Morgan fingerprint density at radius 2 is 1.94 bits per heavy atom. The maximum atomic E-state index is 13.8. The lowest BCUT2D eigenvalue weighted by atomic mass is 9.67. The minimum atomic E-state index is -0.279. The Morgan fingerprint density at radius 3 is 2.59 bits per heavy atom. The van der Waals surface area contributed by atoms with Crippen LogP contribution in [0.3, 0.4) is 0 Å². The van der Waals surface area contributed by atoms with E-state index in [9.17, 15) is 10.1 Å². The number of methoxy groups -OCH3 is 1. The number of ether oxygens (including phenoxy) is 1. The van der Waals surface area contributed by atoms with Gasteiger partial charge in [-0.25, -0.2) is 0 Å². The summed E-state index contributed by atoms with van der Waals surface area (Å²) in [5, 5.41) is 9.35. The number of carbonyl (C=O) groups is 1. The molecule has 0 saturated heterocycles. The van der Waals surface area contributed by atoms with Gasteiger partial charge in [-0.3, -0.25) is 9.69 Å². The average molecular weight is 451 g/mol. The fraction of sp³-hybridized carbons (Fsp3) is 0.400. The quantitative estimate of drug-likeness (QED) is 0.603. The summed E-state index contributed by atoms with van der Waals surface area (Å²) in [6.45, 7) is 6.54. The lowest BCUT2D eigenvalue weighted by molar-refractivity contribution is 0.105. The number of benzene rings is 2. The van der Waals surface area contributed by atoms with Gasteiger partial charge in [-0.05, 0) is 77.8 Å². The van der Waals surface area contributed by atoms with Gasteiger partial charge >= 0.3 is 0 Å². The van der Waals surface area contributed by atoms with Gasteiger partial charge in [0.15, 0.2) is 5.78 Å². The van der Waals surface area contributed by atoms with E-state index < -0.39 is 0 Å². The molecule has 4 aliphatic rings. The monoisotopic (exact) mass is 450 g/mol. The molecule has 2 aromatic rings. The normalized spacial score (nSPS) is 21.2. The standard InChI is InChI=1S/C30H30N2O2/c1-30(2)25-15-23(19-9-11-32(12-10-19)21-5-4-6-21)27(34-3)16-24(25)29(33)28-22-8-7-18(17-31)13-20(22)14-26(28)30/h7-9,13,15-16,21H,4-6,10-12,14H2,1-3H3. The molecule has 1 fully saturated rings. The molecular weight excluding hydrogens is 420 g/mol. The molecule has 3 aliphatic carbocycles. The Balaban J connectivity index is 1.42. The topological polar surface area (TPSA) is 53.3 Å².